The van der Waals surface area contributed by atoms with Crippen molar-refractivity contribution >= 4 is 11.8 Å². The molecule has 1 aliphatic carbocycles. The smallest absolute Gasteiger partial charge is 0.246 e. The van der Waals surface area contributed by atoms with Gasteiger partial charge >= 0.3 is 0 Å². The zero-order valence-electron chi connectivity index (χ0n) is 19.9. The van der Waals surface area contributed by atoms with E-state index in [4.69, 9.17) is 0 Å². The van der Waals surface area contributed by atoms with Gasteiger partial charge in [0.2, 0.25) is 11.8 Å². The van der Waals surface area contributed by atoms with Crippen LogP contribution in [0.25, 0.3) is 0 Å². The molecule has 0 aliphatic heterocycles. The monoisotopic (exact) mass is 454 g/mol. The van der Waals surface area contributed by atoms with Crippen molar-refractivity contribution in [1.29, 1.82) is 0 Å². The molecule has 34 heavy (non-hydrogen) atoms. The first kappa shape index (κ1) is 23.7. The highest BCUT2D eigenvalue weighted by Gasteiger charge is 2.41. The molecule has 3 aromatic rings. The highest BCUT2D eigenvalue weighted by atomic mass is 16.2. The molecule has 4 nitrogen and oxygen atoms in total. The van der Waals surface area contributed by atoms with Crippen LogP contribution >= 0.6 is 0 Å². The van der Waals surface area contributed by atoms with Crippen LogP contribution < -0.4 is 10.6 Å². The van der Waals surface area contributed by atoms with Crippen LogP contribution in [0, 0.1) is 6.92 Å². The number of carbonyl (C=O) groups excluding carboxylic acids is 2. The molecule has 4 rings (SSSR count). The van der Waals surface area contributed by atoms with E-state index in [2.05, 4.69) is 34.9 Å². The first-order chi connectivity index (χ1) is 16.6. The van der Waals surface area contributed by atoms with Gasteiger partial charge in [0, 0.05) is 18.9 Å². The van der Waals surface area contributed by atoms with Crippen LogP contribution in [0.3, 0.4) is 0 Å². The van der Waals surface area contributed by atoms with Crippen LogP contribution in [0.2, 0.25) is 0 Å². The maximum absolute atomic E-state index is 13.4. The Labute approximate surface area is 202 Å². The van der Waals surface area contributed by atoms with Crippen LogP contribution in [-0.2, 0) is 16.1 Å². The number of amides is 2. The fourth-order valence-electron chi connectivity index (χ4n) is 4.92. The van der Waals surface area contributed by atoms with Crippen LogP contribution in [0.15, 0.2) is 84.9 Å². The van der Waals surface area contributed by atoms with Gasteiger partial charge in [-0.3, -0.25) is 9.59 Å². The minimum absolute atomic E-state index is 0.0568. The largest absolute Gasteiger partial charge is 0.350 e. The van der Waals surface area contributed by atoms with Crippen molar-refractivity contribution in [3.05, 3.63) is 107 Å². The molecule has 1 fully saturated rings. The van der Waals surface area contributed by atoms with E-state index in [0.717, 1.165) is 36.0 Å². The normalized spacial score (nSPS) is 15.0. The lowest BCUT2D eigenvalue weighted by Gasteiger charge is -2.37. The average Bonchev–Trinajstić information content (AvgIpc) is 2.88. The van der Waals surface area contributed by atoms with Gasteiger partial charge in [-0.25, -0.2) is 0 Å². The maximum Gasteiger partial charge on any atom is 0.246 e. The molecular weight excluding hydrogens is 420 g/mol. The second kappa shape index (κ2) is 11.1. The average molecular weight is 455 g/mol. The fraction of sp³-hybridized carbons (Fsp3) is 0.333. The third kappa shape index (κ3) is 5.93. The summed E-state index contributed by atoms with van der Waals surface area (Å²) in [6.45, 7) is 2.51. The van der Waals surface area contributed by atoms with Gasteiger partial charge in [-0.2, -0.15) is 0 Å². The van der Waals surface area contributed by atoms with Gasteiger partial charge in [-0.15, -0.1) is 0 Å². The molecule has 0 atom stereocenters. The van der Waals surface area contributed by atoms with Gasteiger partial charge < -0.3 is 10.6 Å². The van der Waals surface area contributed by atoms with Gasteiger partial charge in [0.15, 0.2) is 0 Å². The van der Waals surface area contributed by atoms with E-state index >= 15 is 0 Å². The SMILES string of the molecule is Cc1ccc(CNC(=O)C2(NC(=O)CC(c3ccccc3)c3ccccc3)CCCCC2)cc1. The van der Waals surface area contributed by atoms with Crippen molar-refractivity contribution in [2.75, 3.05) is 0 Å². The minimum Gasteiger partial charge on any atom is -0.350 e. The van der Waals surface area contributed by atoms with E-state index in [1.807, 2.05) is 67.6 Å². The van der Waals surface area contributed by atoms with E-state index < -0.39 is 5.54 Å². The van der Waals surface area contributed by atoms with Gasteiger partial charge in [-0.05, 0) is 36.5 Å². The molecule has 0 spiro atoms. The van der Waals surface area contributed by atoms with Crippen molar-refractivity contribution in [1.82, 2.24) is 10.6 Å². The Kier molecular flexibility index (Phi) is 7.79. The number of carbonyl (C=O) groups is 2. The summed E-state index contributed by atoms with van der Waals surface area (Å²) in [5.74, 6) is -0.208. The highest BCUT2D eigenvalue weighted by Crippen LogP contribution is 2.31. The molecule has 2 amide bonds. The minimum atomic E-state index is -0.835. The molecule has 3 aromatic carbocycles. The summed E-state index contributed by atoms with van der Waals surface area (Å²) in [5, 5.41) is 6.29. The second-order valence-corrected chi connectivity index (χ2v) is 9.44. The molecule has 0 unspecified atom stereocenters. The zero-order valence-corrected chi connectivity index (χ0v) is 19.9. The highest BCUT2D eigenvalue weighted by molar-refractivity contribution is 5.92. The van der Waals surface area contributed by atoms with Crippen LogP contribution in [0.1, 0.15) is 66.7 Å². The summed E-state index contributed by atoms with van der Waals surface area (Å²) in [6.07, 6.45) is 4.65. The topological polar surface area (TPSA) is 58.2 Å². The summed E-state index contributed by atoms with van der Waals surface area (Å²) >= 11 is 0. The Morgan fingerprint density at radius 1 is 0.794 bits per heavy atom. The fourth-order valence-corrected chi connectivity index (χ4v) is 4.92. The number of nitrogens with one attached hydrogen (secondary N) is 2. The van der Waals surface area contributed by atoms with Crippen molar-refractivity contribution in [3.63, 3.8) is 0 Å². The Morgan fingerprint density at radius 2 is 1.35 bits per heavy atom. The number of hydrogen-bond donors (Lipinski definition) is 2. The molecule has 176 valence electrons. The van der Waals surface area contributed by atoms with E-state index in [9.17, 15) is 9.59 Å². The third-order valence-electron chi connectivity index (χ3n) is 6.89. The summed E-state index contributed by atoms with van der Waals surface area (Å²) < 4.78 is 0. The van der Waals surface area contributed by atoms with Gasteiger partial charge in [0.05, 0.1) is 0 Å². The summed E-state index contributed by atoms with van der Waals surface area (Å²) in [4.78, 5) is 26.8. The first-order valence-corrected chi connectivity index (χ1v) is 12.3. The second-order valence-electron chi connectivity index (χ2n) is 9.44. The molecule has 0 heterocycles. The Morgan fingerprint density at radius 3 is 1.91 bits per heavy atom. The maximum atomic E-state index is 13.4. The van der Waals surface area contributed by atoms with E-state index in [-0.39, 0.29) is 17.7 Å². The number of benzene rings is 3. The molecule has 0 bridgehead atoms. The molecule has 1 aliphatic rings. The molecule has 0 saturated heterocycles. The van der Waals surface area contributed by atoms with Gasteiger partial charge in [0.1, 0.15) is 5.54 Å². The zero-order chi connectivity index (χ0) is 23.8. The van der Waals surface area contributed by atoms with Gasteiger partial charge in [0.25, 0.3) is 0 Å². The lowest BCUT2D eigenvalue weighted by Crippen LogP contribution is -2.59. The summed E-state index contributed by atoms with van der Waals surface area (Å²) in [7, 11) is 0. The first-order valence-electron chi connectivity index (χ1n) is 12.3. The lowest BCUT2D eigenvalue weighted by atomic mass is 9.80. The van der Waals surface area contributed by atoms with Crippen LogP contribution in [0.4, 0.5) is 0 Å². The Bertz CT molecular complexity index is 1030. The molecule has 0 aromatic heterocycles. The van der Waals surface area contributed by atoms with E-state index in [1.165, 1.54) is 5.56 Å². The van der Waals surface area contributed by atoms with Crippen LogP contribution in [0.5, 0.6) is 0 Å². The summed E-state index contributed by atoms with van der Waals surface area (Å²) in [5.41, 5.74) is 3.62. The molecule has 1 saturated carbocycles. The van der Waals surface area contributed by atoms with Crippen LogP contribution in [-0.4, -0.2) is 17.4 Å². The van der Waals surface area contributed by atoms with E-state index in [0.29, 0.717) is 25.8 Å². The van der Waals surface area contributed by atoms with Crippen molar-refractivity contribution in [3.8, 4) is 0 Å². The number of aryl methyl sites for hydroxylation is 1. The quantitative estimate of drug-likeness (QED) is 0.462. The number of rotatable bonds is 8. The van der Waals surface area contributed by atoms with Crippen molar-refractivity contribution in [2.24, 2.45) is 0 Å². The predicted molar refractivity (Wildman–Crippen MR) is 136 cm³/mol. The standard InChI is InChI=1S/C30H34N2O2/c1-23-15-17-24(18-16-23)22-31-29(34)30(19-9-4-10-20-30)32-28(33)21-27(25-11-5-2-6-12-25)26-13-7-3-8-14-26/h2-3,5-8,11-18,27H,4,9-10,19-22H2,1H3,(H,31,34)(H,32,33). The molecule has 2 N–H and O–H groups in total. The Hall–Kier alpha value is -3.40. The third-order valence-corrected chi connectivity index (χ3v) is 6.89. The molecular formula is C30H34N2O2. The number of hydrogen-bond acceptors (Lipinski definition) is 2. The predicted octanol–water partition coefficient (Wildman–Crippen LogP) is 5.65. The van der Waals surface area contributed by atoms with E-state index in [1.54, 1.807) is 0 Å². The molecule has 0 radical (unpaired) electrons. The van der Waals surface area contributed by atoms with Crippen molar-refractivity contribution < 1.29 is 9.59 Å². The van der Waals surface area contributed by atoms with Crippen molar-refractivity contribution in [2.45, 2.75) is 63.5 Å². The lowest BCUT2D eigenvalue weighted by molar-refractivity contribution is -0.135. The summed E-state index contributed by atoms with van der Waals surface area (Å²) in [6, 6.07) is 28.4. The van der Waals surface area contributed by atoms with Gasteiger partial charge in [-0.1, -0.05) is 110 Å². The Balaban J connectivity index is 1.48. The molecule has 4 heteroatoms.